The molecule has 2 amide bonds. The third-order valence-electron chi connectivity index (χ3n) is 5.24. The zero-order valence-corrected chi connectivity index (χ0v) is 17.5. The van der Waals surface area contributed by atoms with Gasteiger partial charge in [-0.05, 0) is 35.4 Å². The fourth-order valence-electron chi connectivity index (χ4n) is 3.69. The molecule has 2 unspecified atom stereocenters. The third kappa shape index (κ3) is 4.55. The lowest BCUT2D eigenvalue weighted by atomic mass is 9.87. The van der Waals surface area contributed by atoms with Crippen LogP contribution in [0.5, 0.6) is 5.75 Å². The van der Waals surface area contributed by atoms with Gasteiger partial charge in [0.15, 0.2) is 0 Å². The normalized spacial score (nSPS) is 19.1. The SMILES string of the molecule is COc1ccccc1C1CN(C(=O)c2cccs2)CC1C(=O)NCCC(C)C. The highest BCUT2D eigenvalue weighted by molar-refractivity contribution is 7.12. The van der Waals surface area contributed by atoms with Gasteiger partial charge in [-0.15, -0.1) is 11.3 Å². The van der Waals surface area contributed by atoms with E-state index in [1.54, 1.807) is 12.0 Å². The van der Waals surface area contributed by atoms with Gasteiger partial charge in [-0.25, -0.2) is 0 Å². The molecule has 0 aliphatic carbocycles. The molecule has 0 spiro atoms. The lowest BCUT2D eigenvalue weighted by Crippen LogP contribution is -2.36. The summed E-state index contributed by atoms with van der Waals surface area (Å²) in [7, 11) is 1.64. The van der Waals surface area contributed by atoms with Gasteiger partial charge in [0.25, 0.3) is 5.91 Å². The molecule has 2 heterocycles. The van der Waals surface area contributed by atoms with Gasteiger partial charge in [-0.2, -0.15) is 0 Å². The summed E-state index contributed by atoms with van der Waals surface area (Å²) in [6.45, 7) is 5.87. The average molecular weight is 401 g/mol. The molecule has 6 heteroatoms. The second kappa shape index (κ2) is 9.24. The van der Waals surface area contributed by atoms with Crippen molar-refractivity contribution in [3.63, 3.8) is 0 Å². The Morgan fingerprint density at radius 1 is 1.21 bits per heavy atom. The van der Waals surface area contributed by atoms with Gasteiger partial charge in [0.1, 0.15) is 5.75 Å². The molecule has 1 aliphatic heterocycles. The van der Waals surface area contributed by atoms with Crippen LogP contribution in [0.15, 0.2) is 41.8 Å². The monoisotopic (exact) mass is 400 g/mol. The molecule has 28 heavy (non-hydrogen) atoms. The van der Waals surface area contributed by atoms with Gasteiger partial charge >= 0.3 is 0 Å². The maximum Gasteiger partial charge on any atom is 0.263 e. The zero-order chi connectivity index (χ0) is 20.1. The number of methoxy groups -OCH3 is 1. The first-order chi connectivity index (χ1) is 13.5. The zero-order valence-electron chi connectivity index (χ0n) is 16.7. The number of carbonyl (C=O) groups excluding carboxylic acids is 2. The van der Waals surface area contributed by atoms with Crippen LogP contribution in [0, 0.1) is 11.8 Å². The number of thiophene rings is 1. The minimum absolute atomic E-state index is 0.00706. The van der Waals surface area contributed by atoms with E-state index in [-0.39, 0.29) is 23.7 Å². The Morgan fingerprint density at radius 3 is 2.68 bits per heavy atom. The maximum absolute atomic E-state index is 13.0. The number of nitrogens with one attached hydrogen (secondary N) is 1. The Morgan fingerprint density at radius 2 is 2.00 bits per heavy atom. The number of rotatable bonds is 7. The molecule has 2 atom stereocenters. The Bertz CT molecular complexity index is 804. The standard InChI is InChI=1S/C22H28N2O3S/c1-15(2)10-11-23-21(25)18-14-24(22(26)20-9-6-12-28-20)13-17(18)16-7-4-5-8-19(16)27-3/h4-9,12,15,17-18H,10-11,13-14H2,1-3H3,(H,23,25). The number of para-hydroxylation sites is 1. The number of benzene rings is 1. The van der Waals surface area contributed by atoms with Crippen LogP contribution in [0.3, 0.4) is 0 Å². The van der Waals surface area contributed by atoms with Gasteiger partial charge in [-0.3, -0.25) is 9.59 Å². The molecule has 1 N–H and O–H groups in total. The highest BCUT2D eigenvalue weighted by atomic mass is 32.1. The van der Waals surface area contributed by atoms with Crippen molar-refractivity contribution in [2.75, 3.05) is 26.7 Å². The summed E-state index contributed by atoms with van der Waals surface area (Å²) in [5.74, 6) is 0.931. The number of hydrogen-bond donors (Lipinski definition) is 1. The van der Waals surface area contributed by atoms with Crippen molar-refractivity contribution in [1.29, 1.82) is 0 Å². The van der Waals surface area contributed by atoms with E-state index in [0.29, 0.717) is 30.4 Å². The van der Waals surface area contributed by atoms with Crippen molar-refractivity contribution in [1.82, 2.24) is 10.2 Å². The van der Waals surface area contributed by atoms with Crippen LogP contribution in [0.4, 0.5) is 0 Å². The van der Waals surface area contributed by atoms with Crippen molar-refractivity contribution in [2.45, 2.75) is 26.2 Å². The van der Waals surface area contributed by atoms with E-state index < -0.39 is 0 Å². The fourth-order valence-corrected chi connectivity index (χ4v) is 4.39. The van der Waals surface area contributed by atoms with E-state index in [9.17, 15) is 9.59 Å². The quantitative estimate of drug-likeness (QED) is 0.770. The molecule has 2 aromatic rings. The van der Waals surface area contributed by atoms with Crippen LogP contribution < -0.4 is 10.1 Å². The second-order valence-corrected chi connectivity index (χ2v) is 8.56. The van der Waals surface area contributed by atoms with Crippen LogP contribution in [-0.4, -0.2) is 43.5 Å². The Labute approximate surface area is 170 Å². The van der Waals surface area contributed by atoms with E-state index in [4.69, 9.17) is 4.74 Å². The molecule has 150 valence electrons. The van der Waals surface area contributed by atoms with E-state index in [0.717, 1.165) is 17.7 Å². The van der Waals surface area contributed by atoms with E-state index in [2.05, 4.69) is 19.2 Å². The number of ether oxygens (including phenoxy) is 1. The average Bonchev–Trinajstić information content (AvgIpc) is 3.37. The largest absolute Gasteiger partial charge is 0.496 e. The number of likely N-dealkylation sites (tertiary alicyclic amines) is 1. The Kier molecular flexibility index (Phi) is 6.73. The van der Waals surface area contributed by atoms with Crippen molar-refractivity contribution in [3.05, 3.63) is 52.2 Å². The number of amides is 2. The molecule has 1 aromatic heterocycles. The smallest absolute Gasteiger partial charge is 0.263 e. The second-order valence-electron chi connectivity index (χ2n) is 7.62. The molecule has 1 aromatic carbocycles. The Balaban J connectivity index is 1.83. The lowest BCUT2D eigenvalue weighted by molar-refractivity contribution is -0.124. The first kappa shape index (κ1) is 20.4. The first-order valence-electron chi connectivity index (χ1n) is 9.74. The minimum atomic E-state index is -0.285. The molecule has 1 saturated heterocycles. The predicted molar refractivity (Wildman–Crippen MR) is 112 cm³/mol. The summed E-state index contributed by atoms with van der Waals surface area (Å²) in [6, 6.07) is 11.5. The number of hydrogen-bond acceptors (Lipinski definition) is 4. The molecule has 1 fully saturated rings. The summed E-state index contributed by atoms with van der Waals surface area (Å²) in [5.41, 5.74) is 0.982. The number of nitrogens with zero attached hydrogens (tertiary/aromatic N) is 1. The van der Waals surface area contributed by atoms with Crippen molar-refractivity contribution < 1.29 is 14.3 Å². The van der Waals surface area contributed by atoms with Crippen molar-refractivity contribution in [2.24, 2.45) is 11.8 Å². The number of carbonyl (C=O) groups is 2. The highest BCUT2D eigenvalue weighted by Crippen LogP contribution is 2.38. The maximum atomic E-state index is 13.0. The van der Waals surface area contributed by atoms with Crippen LogP contribution >= 0.6 is 11.3 Å². The summed E-state index contributed by atoms with van der Waals surface area (Å²) in [4.78, 5) is 28.4. The van der Waals surface area contributed by atoms with E-state index in [1.165, 1.54) is 11.3 Å². The molecular weight excluding hydrogens is 372 g/mol. The first-order valence-corrected chi connectivity index (χ1v) is 10.6. The van der Waals surface area contributed by atoms with E-state index >= 15 is 0 Å². The van der Waals surface area contributed by atoms with Gasteiger partial charge in [-0.1, -0.05) is 38.1 Å². The molecular formula is C22H28N2O3S. The highest BCUT2D eigenvalue weighted by Gasteiger charge is 2.41. The third-order valence-corrected chi connectivity index (χ3v) is 6.09. The molecule has 5 nitrogen and oxygen atoms in total. The summed E-state index contributed by atoms with van der Waals surface area (Å²) < 4.78 is 5.53. The summed E-state index contributed by atoms with van der Waals surface area (Å²) in [6.07, 6.45) is 0.940. The van der Waals surface area contributed by atoms with Crippen LogP contribution in [0.25, 0.3) is 0 Å². The van der Waals surface area contributed by atoms with Crippen LogP contribution in [0.1, 0.15) is 41.4 Å². The van der Waals surface area contributed by atoms with E-state index in [1.807, 2.05) is 41.8 Å². The molecule has 0 bridgehead atoms. The van der Waals surface area contributed by atoms with Crippen molar-refractivity contribution >= 4 is 23.2 Å². The lowest BCUT2D eigenvalue weighted by Gasteiger charge is -2.20. The molecule has 0 saturated carbocycles. The fraction of sp³-hybridized carbons (Fsp3) is 0.455. The topological polar surface area (TPSA) is 58.6 Å². The van der Waals surface area contributed by atoms with Gasteiger partial charge < -0.3 is 15.0 Å². The van der Waals surface area contributed by atoms with Crippen LogP contribution in [0.2, 0.25) is 0 Å². The van der Waals surface area contributed by atoms with Crippen LogP contribution in [-0.2, 0) is 4.79 Å². The van der Waals surface area contributed by atoms with Gasteiger partial charge in [0, 0.05) is 25.6 Å². The molecule has 3 rings (SSSR count). The molecule has 1 aliphatic rings. The summed E-state index contributed by atoms with van der Waals surface area (Å²) in [5, 5.41) is 4.97. The summed E-state index contributed by atoms with van der Waals surface area (Å²) >= 11 is 1.43. The Hall–Kier alpha value is -2.34. The van der Waals surface area contributed by atoms with Gasteiger partial charge in [0.05, 0.1) is 17.9 Å². The minimum Gasteiger partial charge on any atom is -0.496 e. The predicted octanol–water partition coefficient (Wildman–Crippen LogP) is 3.77. The molecule has 0 radical (unpaired) electrons. The van der Waals surface area contributed by atoms with Crippen molar-refractivity contribution in [3.8, 4) is 5.75 Å². The van der Waals surface area contributed by atoms with Gasteiger partial charge in [0.2, 0.25) is 5.91 Å².